The van der Waals surface area contributed by atoms with Gasteiger partial charge in [-0.15, -0.1) is 11.3 Å². The first-order valence-electron chi connectivity index (χ1n) is 5.55. The van der Waals surface area contributed by atoms with Crippen LogP contribution >= 0.6 is 27.3 Å². The number of thiophene rings is 1. The second-order valence-corrected chi connectivity index (χ2v) is 6.09. The zero-order chi connectivity index (χ0) is 13.1. The van der Waals surface area contributed by atoms with Crippen LogP contribution in [0.25, 0.3) is 0 Å². The van der Waals surface area contributed by atoms with Gasteiger partial charge in [0.15, 0.2) is 0 Å². The first kappa shape index (κ1) is 13.7. The Hall–Kier alpha value is -0.750. The summed E-state index contributed by atoms with van der Waals surface area (Å²) in [6.45, 7) is 1.87. The van der Waals surface area contributed by atoms with Gasteiger partial charge in [-0.1, -0.05) is 12.1 Å². The van der Waals surface area contributed by atoms with Crippen molar-refractivity contribution >= 4 is 27.3 Å². The zero-order valence-electron chi connectivity index (χ0n) is 9.91. The highest BCUT2D eigenvalue weighted by Gasteiger charge is 2.15. The van der Waals surface area contributed by atoms with Crippen molar-refractivity contribution in [1.82, 2.24) is 5.43 Å². The number of hydrazine groups is 1. The van der Waals surface area contributed by atoms with Gasteiger partial charge < -0.3 is 0 Å². The van der Waals surface area contributed by atoms with Gasteiger partial charge in [-0.25, -0.2) is 4.39 Å². The van der Waals surface area contributed by atoms with Crippen LogP contribution < -0.4 is 11.3 Å². The Bertz CT molecular complexity index is 542. The topological polar surface area (TPSA) is 38.0 Å². The van der Waals surface area contributed by atoms with Gasteiger partial charge in [-0.3, -0.25) is 11.3 Å². The molecule has 2 aromatic rings. The first-order chi connectivity index (χ1) is 8.60. The maximum absolute atomic E-state index is 13.9. The Morgan fingerprint density at radius 1 is 1.44 bits per heavy atom. The lowest BCUT2D eigenvalue weighted by Gasteiger charge is -2.16. The summed E-state index contributed by atoms with van der Waals surface area (Å²) in [4.78, 5) is 1.16. The van der Waals surface area contributed by atoms with E-state index in [-0.39, 0.29) is 11.9 Å². The highest BCUT2D eigenvalue weighted by Crippen LogP contribution is 2.26. The SMILES string of the molecule is Cc1ccc(C(Cc2cc(Br)cs2)NN)c(F)c1. The van der Waals surface area contributed by atoms with E-state index < -0.39 is 0 Å². The van der Waals surface area contributed by atoms with Gasteiger partial charge in [0, 0.05) is 26.7 Å². The minimum Gasteiger partial charge on any atom is -0.271 e. The predicted molar refractivity (Wildman–Crippen MR) is 76.9 cm³/mol. The van der Waals surface area contributed by atoms with Crippen LogP contribution in [0.3, 0.4) is 0 Å². The molecule has 0 aliphatic heterocycles. The number of rotatable bonds is 4. The van der Waals surface area contributed by atoms with Crippen LogP contribution in [0.2, 0.25) is 0 Å². The van der Waals surface area contributed by atoms with Gasteiger partial charge in [0.25, 0.3) is 0 Å². The third kappa shape index (κ3) is 3.17. The number of halogens is 2. The maximum atomic E-state index is 13.9. The smallest absolute Gasteiger partial charge is 0.128 e. The minimum atomic E-state index is -0.214. The Morgan fingerprint density at radius 2 is 2.22 bits per heavy atom. The van der Waals surface area contributed by atoms with E-state index in [2.05, 4.69) is 21.4 Å². The molecule has 5 heteroatoms. The summed E-state index contributed by atoms with van der Waals surface area (Å²) in [5.74, 6) is 5.33. The molecule has 0 saturated heterocycles. The highest BCUT2D eigenvalue weighted by atomic mass is 79.9. The molecule has 1 unspecified atom stereocenters. The number of hydrogen-bond acceptors (Lipinski definition) is 3. The first-order valence-corrected chi connectivity index (χ1v) is 7.22. The third-order valence-electron chi connectivity index (χ3n) is 2.76. The van der Waals surface area contributed by atoms with E-state index in [1.165, 1.54) is 6.07 Å². The lowest BCUT2D eigenvalue weighted by molar-refractivity contribution is 0.512. The summed E-state index contributed by atoms with van der Waals surface area (Å²) in [7, 11) is 0. The predicted octanol–water partition coefficient (Wildman–Crippen LogP) is 3.71. The molecule has 96 valence electrons. The van der Waals surface area contributed by atoms with E-state index in [9.17, 15) is 4.39 Å². The van der Waals surface area contributed by atoms with Gasteiger partial charge in [0.05, 0.1) is 6.04 Å². The monoisotopic (exact) mass is 328 g/mol. The van der Waals surface area contributed by atoms with Gasteiger partial charge in [-0.05, 0) is 40.5 Å². The van der Waals surface area contributed by atoms with Crippen molar-refractivity contribution in [2.75, 3.05) is 0 Å². The lowest BCUT2D eigenvalue weighted by Crippen LogP contribution is -2.30. The van der Waals surface area contributed by atoms with E-state index in [0.717, 1.165) is 14.9 Å². The molecular formula is C13H14BrFN2S. The van der Waals surface area contributed by atoms with Crippen molar-refractivity contribution in [2.45, 2.75) is 19.4 Å². The summed E-state index contributed by atoms with van der Waals surface area (Å²) >= 11 is 5.04. The minimum absolute atomic E-state index is 0.212. The molecule has 1 atom stereocenters. The summed E-state index contributed by atoms with van der Waals surface area (Å²) in [5, 5.41) is 2.01. The number of benzene rings is 1. The molecule has 1 heterocycles. The van der Waals surface area contributed by atoms with E-state index in [0.29, 0.717) is 12.0 Å². The van der Waals surface area contributed by atoms with Gasteiger partial charge >= 0.3 is 0 Å². The van der Waals surface area contributed by atoms with Crippen LogP contribution in [-0.4, -0.2) is 0 Å². The molecule has 0 saturated carbocycles. The highest BCUT2D eigenvalue weighted by molar-refractivity contribution is 9.10. The quantitative estimate of drug-likeness (QED) is 0.663. The van der Waals surface area contributed by atoms with Crippen molar-refractivity contribution in [1.29, 1.82) is 0 Å². The molecule has 0 aliphatic carbocycles. The average molecular weight is 329 g/mol. The average Bonchev–Trinajstić information content (AvgIpc) is 2.72. The lowest BCUT2D eigenvalue weighted by atomic mass is 10.0. The fourth-order valence-electron chi connectivity index (χ4n) is 1.84. The van der Waals surface area contributed by atoms with Crippen LogP contribution in [0.1, 0.15) is 22.0 Å². The Labute approximate surface area is 118 Å². The molecule has 2 nitrogen and oxygen atoms in total. The van der Waals surface area contributed by atoms with E-state index >= 15 is 0 Å². The van der Waals surface area contributed by atoms with Gasteiger partial charge in [0.1, 0.15) is 5.82 Å². The second kappa shape index (κ2) is 5.93. The molecule has 3 N–H and O–H groups in total. The van der Waals surface area contributed by atoms with Crippen LogP contribution in [-0.2, 0) is 6.42 Å². The van der Waals surface area contributed by atoms with Crippen LogP contribution in [0.4, 0.5) is 4.39 Å². The number of aryl methyl sites for hydroxylation is 1. The molecule has 0 amide bonds. The largest absolute Gasteiger partial charge is 0.271 e. The Morgan fingerprint density at radius 3 is 2.78 bits per heavy atom. The van der Waals surface area contributed by atoms with Crippen LogP contribution in [0.5, 0.6) is 0 Å². The van der Waals surface area contributed by atoms with Crippen LogP contribution in [0.15, 0.2) is 34.1 Å². The normalized spacial score (nSPS) is 12.7. The standard InChI is InChI=1S/C13H14BrFN2S/c1-8-2-3-11(12(15)4-8)13(17-16)6-10-5-9(14)7-18-10/h2-5,7,13,17H,6,16H2,1H3. The fraction of sp³-hybridized carbons (Fsp3) is 0.231. The third-order valence-corrected chi connectivity index (χ3v) is 4.48. The fourth-order valence-corrected chi connectivity index (χ4v) is 3.33. The van der Waals surface area contributed by atoms with Crippen molar-refractivity contribution < 1.29 is 4.39 Å². The molecule has 2 rings (SSSR count). The summed E-state index contributed by atoms with van der Waals surface area (Å²) < 4.78 is 14.9. The molecule has 1 aromatic heterocycles. The Balaban J connectivity index is 2.22. The van der Waals surface area contributed by atoms with E-state index in [4.69, 9.17) is 5.84 Å². The van der Waals surface area contributed by atoms with Crippen molar-refractivity contribution in [3.63, 3.8) is 0 Å². The van der Waals surface area contributed by atoms with Gasteiger partial charge in [0.2, 0.25) is 0 Å². The van der Waals surface area contributed by atoms with Crippen molar-refractivity contribution in [3.05, 3.63) is 55.9 Å². The molecule has 0 spiro atoms. The summed E-state index contributed by atoms with van der Waals surface area (Å²) in [6.07, 6.45) is 0.673. The van der Waals surface area contributed by atoms with E-state index in [1.54, 1.807) is 17.4 Å². The van der Waals surface area contributed by atoms with Crippen molar-refractivity contribution in [3.8, 4) is 0 Å². The number of nitrogens with two attached hydrogens (primary N) is 1. The summed E-state index contributed by atoms with van der Waals surface area (Å²) in [5.41, 5.74) is 4.20. The number of hydrogen-bond donors (Lipinski definition) is 2. The molecule has 0 radical (unpaired) electrons. The molecule has 0 bridgehead atoms. The molecule has 1 aromatic carbocycles. The van der Waals surface area contributed by atoms with Crippen LogP contribution in [0, 0.1) is 12.7 Å². The summed E-state index contributed by atoms with van der Waals surface area (Å²) in [6, 6.07) is 7.03. The zero-order valence-corrected chi connectivity index (χ0v) is 12.3. The molecule has 0 fully saturated rings. The van der Waals surface area contributed by atoms with E-state index in [1.807, 2.05) is 24.4 Å². The maximum Gasteiger partial charge on any atom is 0.128 e. The molecule has 18 heavy (non-hydrogen) atoms. The molecule has 0 aliphatic rings. The van der Waals surface area contributed by atoms with Crippen molar-refractivity contribution in [2.24, 2.45) is 5.84 Å². The Kier molecular flexibility index (Phi) is 4.50. The number of nitrogens with one attached hydrogen (secondary N) is 1. The van der Waals surface area contributed by atoms with Gasteiger partial charge in [-0.2, -0.15) is 0 Å². The molecular weight excluding hydrogens is 315 g/mol. The second-order valence-electron chi connectivity index (χ2n) is 4.18.